The Bertz CT molecular complexity index is 1230. The van der Waals surface area contributed by atoms with E-state index in [1.807, 2.05) is 66.7 Å². The fraction of sp³-hybridized carbons (Fsp3) is 0.0833. The topological polar surface area (TPSA) is 67.2 Å². The number of aromatic nitrogens is 1. The Morgan fingerprint density at radius 3 is 2.48 bits per heavy atom. The number of hydrogen-bond donors (Lipinski definition) is 1. The van der Waals surface area contributed by atoms with Crippen molar-refractivity contribution in [2.24, 2.45) is 0 Å². The van der Waals surface area contributed by atoms with Crippen molar-refractivity contribution in [2.45, 2.75) is 0 Å². The minimum atomic E-state index is 0.623. The average Bonchev–Trinajstić information content (AvgIpc) is 2.78. The summed E-state index contributed by atoms with van der Waals surface area (Å²) in [6.07, 6.45) is 0. The van der Waals surface area contributed by atoms with Crippen molar-refractivity contribution >= 4 is 22.4 Å². The lowest BCUT2D eigenvalue weighted by atomic mass is 9.99. The van der Waals surface area contributed by atoms with E-state index in [0.29, 0.717) is 22.9 Å². The quantitative estimate of drug-likeness (QED) is 0.492. The van der Waals surface area contributed by atoms with E-state index in [0.717, 1.165) is 27.7 Å². The van der Waals surface area contributed by atoms with Crippen LogP contribution >= 0.6 is 0 Å². The maximum absolute atomic E-state index is 9.27. The molecule has 5 heteroatoms. The number of fused-ring (bicyclic) bond motifs is 1. The second-order valence-electron chi connectivity index (χ2n) is 6.46. The first-order valence-electron chi connectivity index (χ1n) is 9.11. The lowest BCUT2D eigenvalue weighted by molar-refractivity contribution is 0.355. The van der Waals surface area contributed by atoms with Crippen LogP contribution in [0.3, 0.4) is 0 Å². The molecule has 29 heavy (non-hydrogen) atoms. The molecule has 0 amide bonds. The van der Waals surface area contributed by atoms with Gasteiger partial charge in [0, 0.05) is 17.1 Å². The molecule has 142 valence electrons. The minimum Gasteiger partial charge on any atom is -0.493 e. The molecule has 5 nitrogen and oxygen atoms in total. The van der Waals surface area contributed by atoms with Crippen molar-refractivity contribution in [3.8, 4) is 28.7 Å². The molecule has 4 aromatic rings. The molecular weight excluding hydrogens is 362 g/mol. The Morgan fingerprint density at radius 2 is 1.69 bits per heavy atom. The van der Waals surface area contributed by atoms with E-state index in [1.54, 1.807) is 20.3 Å². The van der Waals surface area contributed by atoms with E-state index in [2.05, 4.69) is 11.4 Å². The number of hydrogen-bond acceptors (Lipinski definition) is 5. The number of para-hydroxylation sites is 1. The van der Waals surface area contributed by atoms with Crippen LogP contribution in [0.4, 0.5) is 11.5 Å². The van der Waals surface area contributed by atoms with Gasteiger partial charge >= 0.3 is 0 Å². The number of pyridine rings is 1. The minimum absolute atomic E-state index is 0.623. The molecule has 0 spiro atoms. The van der Waals surface area contributed by atoms with Crippen molar-refractivity contribution in [1.82, 2.24) is 4.98 Å². The van der Waals surface area contributed by atoms with Crippen molar-refractivity contribution in [3.05, 3.63) is 78.4 Å². The van der Waals surface area contributed by atoms with Crippen LogP contribution in [0, 0.1) is 11.3 Å². The Morgan fingerprint density at radius 1 is 0.862 bits per heavy atom. The molecule has 0 aliphatic carbocycles. The molecule has 3 aromatic carbocycles. The largest absolute Gasteiger partial charge is 0.493 e. The van der Waals surface area contributed by atoms with Gasteiger partial charge in [-0.1, -0.05) is 30.3 Å². The van der Waals surface area contributed by atoms with Gasteiger partial charge in [-0.05, 0) is 47.5 Å². The Hall–Kier alpha value is -4.04. The number of ether oxygens (including phenoxy) is 2. The van der Waals surface area contributed by atoms with E-state index >= 15 is 0 Å². The summed E-state index contributed by atoms with van der Waals surface area (Å²) in [6.45, 7) is 0. The van der Waals surface area contributed by atoms with E-state index < -0.39 is 0 Å². The normalized spacial score (nSPS) is 10.4. The maximum Gasteiger partial charge on any atom is 0.162 e. The van der Waals surface area contributed by atoms with Gasteiger partial charge in [-0.3, -0.25) is 0 Å². The van der Waals surface area contributed by atoms with Crippen molar-refractivity contribution in [1.29, 1.82) is 5.26 Å². The Kier molecular flexibility index (Phi) is 5.00. The monoisotopic (exact) mass is 381 g/mol. The third-order valence-corrected chi connectivity index (χ3v) is 4.67. The molecule has 1 heterocycles. The van der Waals surface area contributed by atoms with Gasteiger partial charge in [-0.2, -0.15) is 5.26 Å². The highest BCUT2D eigenvalue weighted by Gasteiger charge is 2.10. The highest BCUT2D eigenvalue weighted by Crippen LogP contribution is 2.34. The first kappa shape index (κ1) is 18.3. The lowest BCUT2D eigenvalue weighted by Crippen LogP contribution is -1.97. The summed E-state index contributed by atoms with van der Waals surface area (Å²) in [4.78, 5) is 4.75. The highest BCUT2D eigenvalue weighted by atomic mass is 16.5. The second-order valence-corrected chi connectivity index (χ2v) is 6.46. The van der Waals surface area contributed by atoms with Crippen LogP contribution in [-0.2, 0) is 0 Å². The van der Waals surface area contributed by atoms with Crippen LogP contribution < -0.4 is 14.8 Å². The highest BCUT2D eigenvalue weighted by molar-refractivity contribution is 5.96. The molecule has 0 fully saturated rings. The molecular formula is C24H19N3O2. The zero-order valence-electron chi connectivity index (χ0n) is 16.1. The van der Waals surface area contributed by atoms with E-state index in [-0.39, 0.29) is 0 Å². The number of methoxy groups -OCH3 is 2. The summed E-state index contributed by atoms with van der Waals surface area (Å²) < 4.78 is 10.7. The predicted octanol–water partition coefficient (Wildman–Crippen LogP) is 5.53. The summed E-state index contributed by atoms with van der Waals surface area (Å²) in [5.41, 5.74) is 4.31. The Balaban J connectivity index is 1.81. The van der Waals surface area contributed by atoms with Crippen LogP contribution in [0.15, 0.2) is 72.8 Å². The smallest absolute Gasteiger partial charge is 0.162 e. The van der Waals surface area contributed by atoms with Gasteiger partial charge in [0.25, 0.3) is 0 Å². The SMILES string of the molecule is COc1ccc(Nc2cc(-c3cccc(C#N)c3)c3ccccc3n2)cc1OC. The zero-order valence-corrected chi connectivity index (χ0v) is 16.1. The fourth-order valence-electron chi connectivity index (χ4n) is 3.30. The fourth-order valence-corrected chi connectivity index (χ4v) is 3.30. The van der Waals surface area contributed by atoms with Crippen LogP contribution in [0.1, 0.15) is 5.56 Å². The molecule has 1 aromatic heterocycles. The van der Waals surface area contributed by atoms with Crippen LogP contribution in [0.2, 0.25) is 0 Å². The molecule has 1 N–H and O–H groups in total. The number of nitriles is 1. The van der Waals surface area contributed by atoms with Gasteiger partial charge in [0.1, 0.15) is 5.82 Å². The summed E-state index contributed by atoms with van der Waals surface area (Å²) in [5, 5.41) is 13.6. The third-order valence-electron chi connectivity index (χ3n) is 4.67. The summed E-state index contributed by atoms with van der Waals surface area (Å²) in [6, 6.07) is 25.4. The van der Waals surface area contributed by atoms with Crippen LogP contribution in [-0.4, -0.2) is 19.2 Å². The molecule has 0 saturated carbocycles. The summed E-state index contributed by atoms with van der Waals surface area (Å²) >= 11 is 0. The number of nitrogens with one attached hydrogen (secondary N) is 1. The Labute approximate surface area is 169 Å². The van der Waals surface area contributed by atoms with Gasteiger partial charge in [0.2, 0.25) is 0 Å². The number of rotatable bonds is 5. The second kappa shape index (κ2) is 7.91. The first-order chi connectivity index (χ1) is 14.2. The van der Waals surface area contributed by atoms with Crippen LogP contribution in [0.25, 0.3) is 22.0 Å². The van der Waals surface area contributed by atoms with Crippen molar-refractivity contribution in [2.75, 3.05) is 19.5 Å². The first-order valence-corrected chi connectivity index (χ1v) is 9.11. The lowest BCUT2D eigenvalue weighted by Gasteiger charge is -2.13. The number of benzene rings is 3. The average molecular weight is 381 g/mol. The van der Waals surface area contributed by atoms with E-state index in [9.17, 15) is 5.26 Å². The predicted molar refractivity (Wildman–Crippen MR) is 115 cm³/mol. The maximum atomic E-state index is 9.27. The van der Waals surface area contributed by atoms with Gasteiger partial charge in [-0.25, -0.2) is 4.98 Å². The standard InChI is InChI=1S/C24H19N3O2/c1-28-22-11-10-18(13-23(22)29-2)26-24-14-20(17-7-5-6-16(12-17)15-25)19-8-3-4-9-21(19)27-24/h3-14H,1-2H3,(H,26,27). The third kappa shape index (κ3) is 3.69. The van der Waals surface area contributed by atoms with Crippen molar-refractivity contribution < 1.29 is 9.47 Å². The van der Waals surface area contributed by atoms with Gasteiger partial charge in [0.15, 0.2) is 11.5 Å². The molecule has 0 aliphatic rings. The number of nitrogens with zero attached hydrogens (tertiary/aromatic N) is 2. The molecule has 0 saturated heterocycles. The molecule has 0 unspecified atom stereocenters. The van der Waals surface area contributed by atoms with E-state index in [4.69, 9.17) is 14.5 Å². The molecule has 0 radical (unpaired) electrons. The van der Waals surface area contributed by atoms with Crippen molar-refractivity contribution in [3.63, 3.8) is 0 Å². The summed E-state index contributed by atoms with van der Waals surface area (Å²) in [7, 11) is 3.22. The molecule has 0 aliphatic heterocycles. The molecule has 4 rings (SSSR count). The molecule has 0 bridgehead atoms. The van der Waals surface area contributed by atoms with E-state index in [1.165, 1.54) is 0 Å². The van der Waals surface area contributed by atoms with Gasteiger partial charge in [0.05, 0.1) is 31.4 Å². The van der Waals surface area contributed by atoms with Crippen LogP contribution in [0.5, 0.6) is 11.5 Å². The number of anilines is 2. The molecule has 0 atom stereocenters. The zero-order chi connectivity index (χ0) is 20.2. The van der Waals surface area contributed by atoms with Gasteiger partial charge in [-0.15, -0.1) is 0 Å². The summed E-state index contributed by atoms with van der Waals surface area (Å²) in [5.74, 6) is 2.01. The van der Waals surface area contributed by atoms with Gasteiger partial charge < -0.3 is 14.8 Å².